The van der Waals surface area contributed by atoms with Crippen LogP contribution < -0.4 is 9.64 Å². The first-order valence-electron chi connectivity index (χ1n) is 11.1. The molecule has 3 aromatic rings. The number of thiazole rings is 1. The molecule has 1 aliphatic heterocycles. The lowest BCUT2D eigenvalue weighted by Crippen LogP contribution is -2.53. The summed E-state index contributed by atoms with van der Waals surface area (Å²) in [5.41, 5.74) is 3.03. The van der Waals surface area contributed by atoms with Gasteiger partial charge in [0, 0.05) is 16.6 Å². The van der Waals surface area contributed by atoms with Gasteiger partial charge in [-0.05, 0) is 57.0 Å². The summed E-state index contributed by atoms with van der Waals surface area (Å²) in [6.45, 7) is 7.84. The van der Waals surface area contributed by atoms with Crippen LogP contribution in [0, 0.1) is 6.92 Å². The fraction of sp³-hybridized carbons (Fsp3) is 0.360. The molecule has 7 nitrogen and oxygen atoms in total. The average Bonchev–Trinajstić information content (AvgIpc) is 3.22. The van der Waals surface area contributed by atoms with Crippen LogP contribution >= 0.6 is 11.3 Å². The molecular formula is C25H27N3O4S. The zero-order valence-corrected chi connectivity index (χ0v) is 20.0. The molecule has 2 atom stereocenters. The minimum atomic E-state index is -0.718. The predicted molar refractivity (Wildman–Crippen MR) is 128 cm³/mol. The van der Waals surface area contributed by atoms with Crippen molar-refractivity contribution < 1.29 is 19.1 Å². The Hall–Kier alpha value is -3.26. The standard InChI is InChI=1S/C25H27N3O4S/c1-5-13-31-25(30)19(6-2)28-20-14-17(10-11-21(20)32-15(3)24(28)29)22-16(4)33-23(27-22)18-9-7-8-12-26-18/h7-12,14-15,19H,5-6,13H2,1-4H3. The Morgan fingerprint density at radius 2 is 2.09 bits per heavy atom. The zero-order valence-electron chi connectivity index (χ0n) is 19.2. The molecule has 0 saturated heterocycles. The van der Waals surface area contributed by atoms with Crippen molar-refractivity contribution in [1.29, 1.82) is 0 Å². The number of amides is 1. The molecule has 0 saturated carbocycles. The minimum absolute atomic E-state index is 0.260. The molecule has 3 heterocycles. The molecule has 33 heavy (non-hydrogen) atoms. The maximum atomic E-state index is 13.1. The second-order valence-corrected chi connectivity index (χ2v) is 9.08. The van der Waals surface area contributed by atoms with Crippen LogP contribution in [-0.2, 0) is 14.3 Å². The van der Waals surface area contributed by atoms with Gasteiger partial charge in [0.15, 0.2) is 6.10 Å². The molecule has 0 spiro atoms. The second kappa shape index (κ2) is 9.70. The van der Waals surface area contributed by atoms with Crippen molar-refractivity contribution in [2.45, 2.75) is 52.7 Å². The van der Waals surface area contributed by atoms with Crippen molar-refractivity contribution in [2.75, 3.05) is 11.5 Å². The minimum Gasteiger partial charge on any atom is -0.479 e. The number of aromatic nitrogens is 2. The van der Waals surface area contributed by atoms with Gasteiger partial charge < -0.3 is 9.47 Å². The van der Waals surface area contributed by atoms with Gasteiger partial charge in [0.2, 0.25) is 0 Å². The van der Waals surface area contributed by atoms with Crippen LogP contribution in [0.3, 0.4) is 0 Å². The Labute approximate surface area is 197 Å². The fourth-order valence-electron chi connectivity index (χ4n) is 3.85. The van der Waals surface area contributed by atoms with Crippen LogP contribution in [0.25, 0.3) is 22.0 Å². The number of rotatable bonds is 7. The summed E-state index contributed by atoms with van der Waals surface area (Å²) in [5, 5.41) is 0.827. The smallest absolute Gasteiger partial charge is 0.329 e. The lowest BCUT2D eigenvalue weighted by molar-refractivity contribution is -0.147. The van der Waals surface area contributed by atoms with E-state index in [0.717, 1.165) is 33.3 Å². The van der Waals surface area contributed by atoms with Crippen LogP contribution in [0.5, 0.6) is 5.75 Å². The molecule has 2 unspecified atom stereocenters. The number of ether oxygens (including phenoxy) is 2. The maximum absolute atomic E-state index is 13.1. The van der Waals surface area contributed by atoms with Crippen molar-refractivity contribution in [3.63, 3.8) is 0 Å². The lowest BCUT2D eigenvalue weighted by Gasteiger charge is -2.37. The number of anilines is 1. The molecule has 0 radical (unpaired) electrons. The first kappa shape index (κ1) is 22.9. The number of aryl methyl sites for hydroxylation is 1. The number of benzene rings is 1. The third-order valence-corrected chi connectivity index (χ3v) is 6.47. The van der Waals surface area contributed by atoms with Crippen LogP contribution in [0.4, 0.5) is 5.69 Å². The highest BCUT2D eigenvalue weighted by atomic mass is 32.1. The van der Waals surface area contributed by atoms with Crippen LogP contribution in [0.2, 0.25) is 0 Å². The Balaban J connectivity index is 1.75. The molecule has 8 heteroatoms. The van der Waals surface area contributed by atoms with E-state index in [9.17, 15) is 9.59 Å². The van der Waals surface area contributed by atoms with Gasteiger partial charge in [0.1, 0.15) is 16.8 Å². The molecule has 172 valence electrons. The van der Waals surface area contributed by atoms with E-state index >= 15 is 0 Å². The number of pyridine rings is 1. The normalized spacial score (nSPS) is 16.2. The Bertz CT molecular complexity index is 1160. The number of nitrogens with zero attached hydrogens (tertiary/aromatic N) is 3. The third-order valence-electron chi connectivity index (χ3n) is 5.48. The average molecular weight is 466 g/mol. The molecule has 0 aliphatic carbocycles. The molecule has 0 N–H and O–H groups in total. The second-order valence-electron chi connectivity index (χ2n) is 7.88. The molecule has 1 amide bonds. The van der Waals surface area contributed by atoms with E-state index in [-0.39, 0.29) is 5.91 Å². The predicted octanol–water partition coefficient (Wildman–Crippen LogP) is 5.03. The summed E-state index contributed by atoms with van der Waals surface area (Å²) in [4.78, 5) is 37.7. The van der Waals surface area contributed by atoms with Crippen LogP contribution in [0.1, 0.15) is 38.5 Å². The Kier molecular flexibility index (Phi) is 6.74. The molecule has 1 aliphatic rings. The highest BCUT2D eigenvalue weighted by Gasteiger charge is 2.39. The van der Waals surface area contributed by atoms with E-state index in [4.69, 9.17) is 14.5 Å². The van der Waals surface area contributed by atoms with E-state index in [1.54, 1.807) is 24.5 Å². The highest BCUT2D eigenvalue weighted by molar-refractivity contribution is 7.15. The molecule has 1 aromatic carbocycles. The number of carbonyl (C=O) groups excluding carboxylic acids is 2. The van der Waals surface area contributed by atoms with Crippen molar-refractivity contribution in [3.05, 3.63) is 47.5 Å². The van der Waals surface area contributed by atoms with Gasteiger partial charge in [-0.25, -0.2) is 9.78 Å². The van der Waals surface area contributed by atoms with E-state index in [1.807, 2.05) is 57.2 Å². The lowest BCUT2D eigenvalue weighted by atomic mass is 10.0. The largest absolute Gasteiger partial charge is 0.479 e. The monoisotopic (exact) mass is 465 g/mol. The topological polar surface area (TPSA) is 81.6 Å². The van der Waals surface area contributed by atoms with Gasteiger partial charge in [0.05, 0.1) is 23.7 Å². The Morgan fingerprint density at radius 3 is 2.79 bits per heavy atom. The van der Waals surface area contributed by atoms with Gasteiger partial charge in [-0.3, -0.25) is 14.7 Å². The van der Waals surface area contributed by atoms with Gasteiger partial charge in [-0.1, -0.05) is 19.9 Å². The van der Waals surface area contributed by atoms with Crippen LogP contribution in [-0.4, -0.2) is 40.6 Å². The van der Waals surface area contributed by atoms with Crippen molar-refractivity contribution in [2.24, 2.45) is 0 Å². The van der Waals surface area contributed by atoms with Gasteiger partial charge in [0.25, 0.3) is 5.91 Å². The summed E-state index contributed by atoms with van der Waals surface area (Å²) >= 11 is 1.57. The number of carbonyl (C=O) groups is 2. The van der Waals surface area contributed by atoms with Gasteiger partial charge >= 0.3 is 5.97 Å². The van der Waals surface area contributed by atoms with E-state index < -0.39 is 18.1 Å². The molecular weight excluding hydrogens is 438 g/mol. The molecule has 0 fully saturated rings. The highest BCUT2D eigenvalue weighted by Crippen LogP contribution is 2.41. The summed E-state index contributed by atoms with van der Waals surface area (Å²) in [6.07, 6.45) is 2.21. The summed E-state index contributed by atoms with van der Waals surface area (Å²) in [7, 11) is 0. The third kappa shape index (κ3) is 4.48. The fourth-order valence-corrected chi connectivity index (χ4v) is 4.76. The van der Waals surface area contributed by atoms with Crippen molar-refractivity contribution in [3.8, 4) is 27.7 Å². The summed E-state index contributed by atoms with van der Waals surface area (Å²) < 4.78 is 11.2. The molecule has 0 bridgehead atoms. The number of hydrogen-bond acceptors (Lipinski definition) is 7. The first-order chi connectivity index (χ1) is 15.9. The van der Waals surface area contributed by atoms with Crippen molar-refractivity contribution in [1.82, 2.24) is 9.97 Å². The van der Waals surface area contributed by atoms with Gasteiger partial charge in [-0.15, -0.1) is 11.3 Å². The van der Waals surface area contributed by atoms with Crippen molar-refractivity contribution >= 4 is 28.9 Å². The maximum Gasteiger partial charge on any atom is 0.329 e. The van der Waals surface area contributed by atoms with E-state index in [2.05, 4.69) is 4.98 Å². The first-order valence-corrected chi connectivity index (χ1v) is 12.0. The zero-order chi connectivity index (χ0) is 23.5. The van der Waals surface area contributed by atoms with Crippen LogP contribution in [0.15, 0.2) is 42.6 Å². The molecule has 4 rings (SSSR count). The van der Waals surface area contributed by atoms with E-state index in [1.165, 1.54) is 4.90 Å². The number of esters is 1. The van der Waals surface area contributed by atoms with E-state index in [0.29, 0.717) is 24.5 Å². The van der Waals surface area contributed by atoms with Gasteiger partial charge in [-0.2, -0.15) is 0 Å². The number of fused-ring (bicyclic) bond motifs is 1. The Morgan fingerprint density at radius 1 is 1.27 bits per heavy atom. The SMILES string of the molecule is CCCOC(=O)C(CC)N1C(=O)C(C)Oc2ccc(-c3nc(-c4ccccn4)sc3C)cc21. The number of hydrogen-bond donors (Lipinski definition) is 0. The summed E-state index contributed by atoms with van der Waals surface area (Å²) in [6, 6.07) is 10.7. The molecule has 2 aromatic heterocycles. The summed E-state index contributed by atoms with van der Waals surface area (Å²) in [5.74, 6) is -0.102. The quantitative estimate of drug-likeness (QED) is 0.456.